The molecule has 0 bridgehead atoms. The second kappa shape index (κ2) is 9.60. The van der Waals surface area contributed by atoms with Gasteiger partial charge in [-0.05, 0) is 6.07 Å². The van der Waals surface area contributed by atoms with Gasteiger partial charge >= 0.3 is 0 Å². The predicted octanol–water partition coefficient (Wildman–Crippen LogP) is 6.32. The van der Waals surface area contributed by atoms with Crippen molar-refractivity contribution in [3.8, 4) is 11.5 Å². The van der Waals surface area contributed by atoms with Gasteiger partial charge in [0, 0.05) is 17.5 Å². The van der Waals surface area contributed by atoms with Crippen LogP contribution in [0, 0.1) is 20.2 Å². The SMILES string of the molecule is COc1cc(Cl)c(OC)cc1Cl.O=[N+]([O-])c1cc([N+](=O)[O-])c2ccccc2c1Cl. The minimum Gasteiger partial charge on any atom is -0.495 e. The van der Waals surface area contributed by atoms with Crippen molar-refractivity contribution in [2.75, 3.05) is 14.2 Å². The molecule has 0 unspecified atom stereocenters. The smallest absolute Gasteiger partial charge is 0.295 e. The largest absolute Gasteiger partial charge is 0.495 e. The van der Waals surface area contributed by atoms with Crippen molar-refractivity contribution >= 4 is 57.0 Å². The quantitative estimate of drug-likeness (QED) is 0.334. The summed E-state index contributed by atoms with van der Waals surface area (Å²) in [5, 5.41) is 23.0. The lowest BCUT2D eigenvalue weighted by Crippen LogP contribution is -1.95. The van der Waals surface area contributed by atoms with Gasteiger partial charge in [0.25, 0.3) is 11.4 Å². The molecule has 0 aliphatic rings. The van der Waals surface area contributed by atoms with Gasteiger partial charge < -0.3 is 9.47 Å². The van der Waals surface area contributed by atoms with Crippen molar-refractivity contribution in [3.63, 3.8) is 0 Å². The van der Waals surface area contributed by atoms with E-state index in [1.54, 1.807) is 24.3 Å². The summed E-state index contributed by atoms with van der Waals surface area (Å²) in [6.45, 7) is 0. The first-order chi connectivity index (χ1) is 13.7. The highest BCUT2D eigenvalue weighted by molar-refractivity contribution is 6.38. The summed E-state index contributed by atoms with van der Waals surface area (Å²) in [6.07, 6.45) is 0. The third-order valence-corrected chi connectivity index (χ3v) is 4.75. The molecule has 152 valence electrons. The monoisotopic (exact) mass is 458 g/mol. The molecule has 0 aromatic heterocycles. The van der Waals surface area contributed by atoms with Crippen molar-refractivity contribution < 1.29 is 19.3 Å². The number of nitrogens with zero attached hydrogens (tertiary/aromatic N) is 2. The standard InChI is InChI=1S/C10H5ClN2O4.C8H8Cl2O2/c11-10-7-4-2-1-3-6(7)8(12(14)15)5-9(10)13(16)17;1-11-7-3-6(10)8(12-2)4-5(7)9/h1-5H;3-4H,1-2H3. The van der Waals surface area contributed by atoms with E-state index in [4.69, 9.17) is 44.3 Å². The van der Waals surface area contributed by atoms with E-state index in [1.807, 2.05) is 0 Å². The Hall–Kier alpha value is -2.81. The summed E-state index contributed by atoms with van der Waals surface area (Å²) in [5.41, 5.74) is -0.784. The van der Waals surface area contributed by atoms with Gasteiger partial charge in [0.05, 0.1) is 45.6 Å². The van der Waals surface area contributed by atoms with E-state index in [0.717, 1.165) is 6.07 Å². The Kier molecular flexibility index (Phi) is 7.44. The van der Waals surface area contributed by atoms with E-state index in [1.165, 1.54) is 26.4 Å². The summed E-state index contributed by atoms with van der Waals surface area (Å²) in [4.78, 5) is 20.2. The summed E-state index contributed by atoms with van der Waals surface area (Å²) in [6, 6.07) is 10.3. The Labute approximate surface area is 179 Å². The van der Waals surface area contributed by atoms with Gasteiger partial charge in [0.1, 0.15) is 16.5 Å². The predicted molar refractivity (Wildman–Crippen MR) is 112 cm³/mol. The summed E-state index contributed by atoms with van der Waals surface area (Å²) >= 11 is 17.5. The van der Waals surface area contributed by atoms with E-state index >= 15 is 0 Å². The van der Waals surface area contributed by atoms with Crippen LogP contribution in [-0.4, -0.2) is 24.1 Å². The zero-order valence-corrected chi connectivity index (χ0v) is 17.3. The van der Waals surface area contributed by atoms with Gasteiger partial charge in [-0.2, -0.15) is 0 Å². The Morgan fingerprint density at radius 1 is 0.759 bits per heavy atom. The van der Waals surface area contributed by atoms with Gasteiger partial charge in [-0.25, -0.2) is 0 Å². The van der Waals surface area contributed by atoms with Crippen LogP contribution >= 0.6 is 34.8 Å². The molecule has 0 saturated heterocycles. The van der Waals surface area contributed by atoms with Crippen LogP contribution < -0.4 is 9.47 Å². The second-order valence-electron chi connectivity index (χ2n) is 5.41. The summed E-state index contributed by atoms with van der Waals surface area (Å²) < 4.78 is 9.91. The number of methoxy groups -OCH3 is 2. The number of benzene rings is 3. The maximum atomic E-state index is 10.8. The topological polar surface area (TPSA) is 105 Å². The molecule has 0 fully saturated rings. The molecule has 0 N–H and O–H groups in total. The van der Waals surface area contributed by atoms with Gasteiger partial charge in [-0.15, -0.1) is 0 Å². The van der Waals surface area contributed by atoms with Crippen LogP contribution in [-0.2, 0) is 0 Å². The molecule has 8 nitrogen and oxygen atoms in total. The average molecular weight is 460 g/mol. The Bertz CT molecular complexity index is 1060. The fourth-order valence-electron chi connectivity index (χ4n) is 2.41. The number of hydrogen-bond acceptors (Lipinski definition) is 6. The number of ether oxygens (including phenoxy) is 2. The van der Waals surface area contributed by atoms with Crippen LogP contribution in [0.15, 0.2) is 42.5 Å². The minimum absolute atomic E-state index is 0.0869. The first-order valence-corrected chi connectivity index (χ1v) is 8.91. The number of non-ortho nitro benzene ring substituents is 1. The van der Waals surface area contributed by atoms with Crippen LogP contribution in [0.4, 0.5) is 11.4 Å². The Morgan fingerprint density at radius 2 is 1.21 bits per heavy atom. The van der Waals surface area contributed by atoms with E-state index in [0.29, 0.717) is 26.9 Å². The summed E-state index contributed by atoms with van der Waals surface area (Å²) in [5.74, 6) is 1.09. The zero-order valence-electron chi connectivity index (χ0n) is 15.0. The highest BCUT2D eigenvalue weighted by atomic mass is 35.5. The molecular weight excluding hydrogens is 447 g/mol. The van der Waals surface area contributed by atoms with E-state index < -0.39 is 15.5 Å². The molecule has 0 heterocycles. The molecule has 3 aromatic rings. The van der Waals surface area contributed by atoms with Gasteiger partial charge in [0.2, 0.25) is 0 Å². The van der Waals surface area contributed by atoms with Gasteiger partial charge in [-0.1, -0.05) is 53.0 Å². The molecule has 0 radical (unpaired) electrons. The Balaban J connectivity index is 0.000000221. The van der Waals surface area contributed by atoms with Crippen LogP contribution in [0.1, 0.15) is 0 Å². The fourth-order valence-corrected chi connectivity index (χ4v) is 3.16. The lowest BCUT2D eigenvalue weighted by atomic mass is 10.1. The van der Waals surface area contributed by atoms with Crippen LogP contribution in [0.25, 0.3) is 10.8 Å². The molecule has 11 heteroatoms. The first kappa shape index (κ1) is 22.5. The van der Waals surface area contributed by atoms with E-state index in [9.17, 15) is 20.2 Å². The number of rotatable bonds is 4. The molecule has 0 spiro atoms. The number of halogens is 3. The van der Waals surface area contributed by atoms with Crippen molar-refractivity contribution in [3.05, 3.63) is 77.8 Å². The molecule has 0 saturated carbocycles. The van der Waals surface area contributed by atoms with Crippen LogP contribution in [0.5, 0.6) is 11.5 Å². The normalized spacial score (nSPS) is 10.1. The molecule has 3 rings (SSSR count). The average Bonchev–Trinajstić information content (AvgIpc) is 2.69. The maximum Gasteiger partial charge on any atom is 0.295 e. The third kappa shape index (κ3) is 4.97. The highest BCUT2D eigenvalue weighted by Crippen LogP contribution is 2.38. The fraction of sp³-hybridized carbons (Fsp3) is 0.111. The number of nitro benzene ring substituents is 2. The van der Waals surface area contributed by atoms with Crippen LogP contribution in [0.3, 0.4) is 0 Å². The van der Waals surface area contributed by atoms with Crippen molar-refractivity contribution in [1.29, 1.82) is 0 Å². The minimum atomic E-state index is -0.734. The van der Waals surface area contributed by atoms with Gasteiger partial charge in [-0.3, -0.25) is 20.2 Å². The lowest BCUT2D eigenvalue weighted by Gasteiger charge is -2.06. The van der Waals surface area contributed by atoms with E-state index in [-0.39, 0.29) is 16.1 Å². The molecule has 0 aliphatic heterocycles. The number of fused-ring (bicyclic) bond motifs is 1. The maximum absolute atomic E-state index is 10.8. The second-order valence-corrected chi connectivity index (χ2v) is 6.60. The third-order valence-electron chi connectivity index (χ3n) is 3.76. The van der Waals surface area contributed by atoms with Crippen molar-refractivity contribution in [2.24, 2.45) is 0 Å². The number of hydrogen-bond donors (Lipinski definition) is 0. The molecule has 0 amide bonds. The number of nitro groups is 2. The molecule has 29 heavy (non-hydrogen) atoms. The molecule has 0 aliphatic carbocycles. The van der Waals surface area contributed by atoms with Crippen LogP contribution in [0.2, 0.25) is 15.1 Å². The highest BCUT2D eigenvalue weighted by Gasteiger charge is 2.23. The molecule has 0 atom stereocenters. The Morgan fingerprint density at radius 3 is 1.62 bits per heavy atom. The van der Waals surface area contributed by atoms with E-state index in [2.05, 4.69) is 0 Å². The van der Waals surface area contributed by atoms with Crippen molar-refractivity contribution in [2.45, 2.75) is 0 Å². The molecular formula is C18H13Cl3N2O6. The lowest BCUT2D eigenvalue weighted by molar-refractivity contribution is -0.392. The zero-order chi connectivity index (χ0) is 21.7. The first-order valence-electron chi connectivity index (χ1n) is 7.78. The van der Waals surface area contributed by atoms with Gasteiger partial charge in [0.15, 0.2) is 0 Å². The molecule has 3 aromatic carbocycles. The van der Waals surface area contributed by atoms with Crippen molar-refractivity contribution in [1.82, 2.24) is 0 Å². The summed E-state index contributed by atoms with van der Waals surface area (Å²) in [7, 11) is 3.06.